The number of nitrogens with one attached hydrogen (secondary N) is 1. The largest absolute Gasteiger partial charge is 0.497 e. The molecule has 2 rings (SSSR count). The quantitative estimate of drug-likeness (QED) is 0.838. The van der Waals surface area contributed by atoms with E-state index in [9.17, 15) is 14.4 Å². The Morgan fingerprint density at radius 2 is 1.78 bits per heavy atom. The van der Waals surface area contributed by atoms with E-state index in [0.29, 0.717) is 5.69 Å². The van der Waals surface area contributed by atoms with Gasteiger partial charge in [0, 0.05) is 25.9 Å². The Balaban J connectivity index is 2.02. The molecule has 23 heavy (non-hydrogen) atoms. The van der Waals surface area contributed by atoms with Crippen molar-refractivity contribution in [2.75, 3.05) is 7.11 Å². The zero-order valence-electron chi connectivity index (χ0n) is 13.3. The summed E-state index contributed by atoms with van der Waals surface area (Å²) in [4.78, 5) is 35.4. The number of aromatic nitrogens is 2. The highest BCUT2D eigenvalue weighted by molar-refractivity contribution is 5.78. The van der Waals surface area contributed by atoms with Crippen LogP contribution in [0.1, 0.15) is 11.3 Å². The number of nitrogens with zero attached hydrogens (tertiary/aromatic N) is 2. The van der Waals surface area contributed by atoms with Gasteiger partial charge in [-0.1, -0.05) is 12.1 Å². The summed E-state index contributed by atoms with van der Waals surface area (Å²) in [5, 5.41) is 2.71. The molecule has 0 aliphatic heterocycles. The van der Waals surface area contributed by atoms with Gasteiger partial charge in [0.05, 0.1) is 20.1 Å². The minimum absolute atomic E-state index is 0.122. The molecule has 7 nitrogen and oxygen atoms in total. The van der Waals surface area contributed by atoms with E-state index in [1.165, 1.54) is 17.7 Å². The maximum atomic E-state index is 12.0. The van der Waals surface area contributed by atoms with Gasteiger partial charge in [-0.3, -0.25) is 18.7 Å². The number of hydrogen-bond acceptors (Lipinski definition) is 4. The van der Waals surface area contributed by atoms with Crippen molar-refractivity contribution in [3.63, 3.8) is 0 Å². The van der Waals surface area contributed by atoms with Crippen LogP contribution in [0.25, 0.3) is 0 Å². The molecule has 122 valence electrons. The van der Waals surface area contributed by atoms with Gasteiger partial charge in [-0.2, -0.15) is 0 Å². The summed E-state index contributed by atoms with van der Waals surface area (Å²) in [5.41, 5.74) is 0.492. The summed E-state index contributed by atoms with van der Waals surface area (Å²) in [6.07, 6.45) is 0.211. The van der Waals surface area contributed by atoms with E-state index in [4.69, 9.17) is 4.74 Å². The first-order valence-corrected chi connectivity index (χ1v) is 7.08. The standard InChI is InChI=1S/C16H19N3O4/c1-18-12(9-15(21)19(2)16(18)22)10-17-14(20)8-11-4-6-13(23-3)7-5-11/h4-7,9H,8,10H2,1-3H3,(H,17,20). The maximum Gasteiger partial charge on any atom is 0.330 e. The van der Waals surface area contributed by atoms with Gasteiger partial charge in [0.25, 0.3) is 5.56 Å². The van der Waals surface area contributed by atoms with Gasteiger partial charge < -0.3 is 10.1 Å². The molecule has 0 aliphatic rings. The van der Waals surface area contributed by atoms with Gasteiger partial charge in [-0.25, -0.2) is 4.79 Å². The van der Waals surface area contributed by atoms with Gasteiger partial charge >= 0.3 is 5.69 Å². The molecule has 0 unspecified atom stereocenters. The van der Waals surface area contributed by atoms with Crippen LogP contribution in [-0.4, -0.2) is 22.2 Å². The molecule has 0 fully saturated rings. The van der Waals surface area contributed by atoms with Crippen molar-refractivity contribution in [3.8, 4) is 5.75 Å². The van der Waals surface area contributed by atoms with Crippen LogP contribution in [0.2, 0.25) is 0 Å². The van der Waals surface area contributed by atoms with Crippen LogP contribution in [0, 0.1) is 0 Å². The van der Waals surface area contributed by atoms with Gasteiger partial charge in [-0.15, -0.1) is 0 Å². The second-order valence-corrected chi connectivity index (χ2v) is 5.18. The van der Waals surface area contributed by atoms with Crippen molar-refractivity contribution >= 4 is 5.91 Å². The summed E-state index contributed by atoms with van der Waals surface area (Å²) in [7, 11) is 4.56. The van der Waals surface area contributed by atoms with E-state index in [1.807, 2.05) is 12.1 Å². The minimum Gasteiger partial charge on any atom is -0.497 e. The molecule has 2 aromatic rings. The SMILES string of the molecule is COc1ccc(CC(=O)NCc2cc(=O)n(C)c(=O)n2C)cc1. The van der Waals surface area contributed by atoms with E-state index in [1.54, 1.807) is 26.3 Å². The van der Waals surface area contributed by atoms with Crippen molar-refractivity contribution in [3.05, 3.63) is 62.4 Å². The highest BCUT2D eigenvalue weighted by Gasteiger charge is 2.08. The zero-order chi connectivity index (χ0) is 17.0. The Kier molecular flexibility index (Phi) is 5.00. The van der Waals surface area contributed by atoms with E-state index in [2.05, 4.69) is 5.32 Å². The first-order chi connectivity index (χ1) is 10.9. The second kappa shape index (κ2) is 6.95. The van der Waals surface area contributed by atoms with Crippen molar-refractivity contribution in [2.45, 2.75) is 13.0 Å². The predicted molar refractivity (Wildman–Crippen MR) is 85.5 cm³/mol. The molecule has 1 heterocycles. The molecule has 0 saturated heterocycles. The van der Waals surface area contributed by atoms with Crippen LogP contribution < -0.4 is 21.3 Å². The number of carbonyl (C=O) groups is 1. The Bertz CT molecular complexity index is 819. The van der Waals surface area contributed by atoms with Gasteiger partial charge in [-0.05, 0) is 17.7 Å². The summed E-state index contributed by atoms with van der Waals surface area (Å²) < 4.78 is 7.42. The number of methoxy groups -OCH3 is 1. The summed E-state index contributed by atoms with van der Waals surface area (Å²) >= 11 is 0. The lowest BCUT2D eigenvalue weighted by Crippen LogP contribution is -2.39. The van der Waals surface area contributed by atoms with E-state index < -0.39 is 11.2 Å². The molecule has 1 aromatic carbocycles. The van der Waals surface area contributed by atoms with Crippen molar-refractivity contribution < 1.29 is 9.53 Å². The molecular formula is C16H19N3O4. The van der Waals surface area contributed by atoms with Gasteiger partial charge in [0.1, 0.15) is 5.75 Å². The summed E-state index contributed by atoms with van der Waals surface area (Å²) in [6.45, 7) is 0.122. The normalized spacial score (nSPS) is 10.4. The second-order valence-electron chi connectivity index (χ2n) is 5.18. The lowest BCUT2D eigenvalue weighted by molar-refractivity contribution is -0.120. The van der Waals surface area contributed by atoms with Crippen LogP contribution in [0.3, 0.4) is 0 Å². The molecule has 0 aliphatic carbocycles. The molecule has 0 saturated carbocycles. The fourth-order valence-electron chi connectivity index (χ4n) is 2.13. The average molecular weight is 317 g/mol. The van der Waals surface area contributed by atoms with Crippen LogP contribution in [0.15, 0.2) is 39.9 Å². The summed E-state index contributed by atoms with van der Waals surface area (Å²) in [6, 6.07) is 8.54. The fourth-order valence-corrected chi connectivity index (χ4v) is 2.13. The molecule has 7 heteroatoms. The number of carbonyl (C=O) groups excluding carboxylic acids is 1. The van der Waals surface area contributed by atoms with E-state index in [-0.39, 0.29) is 18.9 Å². The lowest BCUT2D eigenvalue weighted by atomic mass is 10.1. The highest BCUT2D eigenvalue weighted by atomic mass is 16.5. The molecule has 0 radical (unpaired) electrons. The smallest absolute Gasteiger partial charge is 0.330 e. The van der Waals surface area contributed by atoms with Crippen molar-refractivity contribution in [1.82, 2.24) is 14.5 Å². The average Bonchev–Trinajstić information content (AvgIpc) is 2.55. The van der Waals surface area contributed by atoms with E-state index in [0.717, 1.165) is 15.9 Å². The first-order valence-electron chi connectivity index (χ1n) is 7.08. The number of rotatable bonds is 5. The van der Waals surface area contributed by atoms with Crippen LogP contribution in [-0.2, 0) is 31.9 Å². The predicted octanol–water partition coefficient (Wildman–Crippen LogP) is -0.0485. The number of ether oxygens (including phenoxy) is 1. The third kappa shape index (κ3) is 3.88. The van der Waals surface area contributed by atoms with Gasteiger partial charge in [0.2, 0.25) is 5.91 Å². The Morgan fingerprint density at radius 1 is 1.13 bits per heavy atom. The van der Waals surface area contributed by atoms with Crippen molar-refractivity contribution in [1.29, 1.82) is 0 Å². The lowest BCUT2D eigenvalue weighted by Gasteiger charge is -2.10. The van der Waals surface area contributed by atoms with E-state index >= 15 is 0 Å². The highest BCUT2D eigenvalue weighted by Crippen LogP contribution is 2.11. The topological polar surface area (TPSA) is 82.3 Å². The van der Waals surface area contributed by atoms with Crippen LogP contribution in [0.5, 0.6) is 5.75 Å². The maximum absolute atomic E-state index is 12.0. The number of benzene rings is 1. The number of amides is 1. The van der Waals surface area contributed by atoms with Crippen LogP contribution >= 0.6 is 0 Å². The fraction of sp³-hybridized carbons (Fsp3) is 0.312. The summed E-state index contributed by atoms with van der Waals surface area (Å²) in [5.74, 6) is 0.535. The molecular weight excluding hydrogens is 298 g/mol. The van der Waals surface area contributed by atoms with Gasteiger partial charge in [0.15, 0.2) is 0 Å². The third-order valence-electron chi connectivity index (χ3n) is 3.62. The Hall–Kier alpha value is -2.83. The molecule has 1 N–H and O–H groups in total. The van der Waals surface area contributed by atoms with Crippen molar-refractivity contribution in [2.24, 2.45) is 14.1 Å². The monoisotopic (exact) mass is 317 g/mol. The molecule has 0 spiro atoms. The molecule has 1 amide bonds. The third-order valence-corrected chi connectivity index (χ3v) is 3.62. The minimum atomic E-state index is -0.420. The number of hydrogen-bond donors (Lipinski definition) is 1. The zero-order valence-corrected chi connectivity index (χ0v) is 13.3. The molecule has 1 aromatic heterocycles. The Labute approximate surface area is 133 Å². The molecule has 0 bridgehead atoms. The van der Waals surface area contributed by atoms with Crippen LogP contribution in [0.4, 0.5) is 0 Å². The Morgan fingerprint density at radius 3 is 2.39 bits per heavy atom. The first kappa shape index (κ1) is 16.5. The molecule has 0 atom stereocenters.